The Hall–Kier alpha value is -3.72. The summed E-state index contributed by atoms with van der Waals surface area (Å²) in [5.41, 5.74) is 1.76. The Morgan fingerprint density at radius 2 is 1.51 bits per heavy atom. The fraction of sp³-hybridized carbons (Fsp3) is 0.556. The van der Waals surface area contributed by atoms with Crippen molar-refractivity contribution in [3.63, 3.8) is 0 Å². The van der Waals surface area contributed by atoms with Crippen molar-refractivity contribution in [3.05, 3.63) is 59.7 Å². The predicted molar refractivity (Wildman–Crippen MR) is 171 cm³/mol. The summed E-state index contributed by atoms with van der Waals surface area (Å²) in [5.74, 6) is 1.14. The van der Waals surface area contributed by atoms with Crippen molar-refractivity contribution < 1.29 is 23.9 Å². The highest BCUT2D eigenvalue weighted by molar-refractivity contribution is 5.95. The van der Waals surface area contributed by atoms with Gasteiger partial charge in [-0.2, -0.15) is 0 Å². The molecule has 3 fully saturated rings. The van der Waals surface area contributed by atoms with Crippen molar-refractivity contribution in [1.29, 1.82) is 0 Å². The number of likely N-dealkylation sites (tertiary alicyclic amines) is 2. The Morgan fingerprint density at radius 3 is 2.18 bits per heavy atom. The van der Waals surface area contributed by atoms with E-state index in [1.165, 1.54) is 6.42 Å². The number of carbonyl (C=O) groups is 4. The van der Waals surface area contributed by atoms with Crippen LogP contribution in [0, 0.1) is 5.92 Å². The maximum absolute atomic E-state index is 14.1. The summed E-state index contributed by atoms with van der Waals surface area (Å²) in [6.07, 6.45) is 9.23. The highest BCUT2D eigenvalue weighted by Crippen LogP contribution is 2.34. The fourth-order valence-corrected chi connectivity index (χ4v) is 6.89. The summed E-state index contributed by atoms with van der Waals surface area (Å²) in [5, 5.41) is 6.12. The van der Waals surface area contributed by atoms with E-state index in [-0.39, 0.29) is 23.5 Å². The number of nitrogens with one attached hydrogen (secondary N) is 2. The molecule has 2 aromatic carbocycles. The van der Waals surface area contributed by atoms with Gasteiger partial charge >= 0.3 is 0 Å². The van der Waals surface area contributed by atoms with Crippen LogP contribution < -0.4 is 15.4 Å². The highest BCUT2D eigenvalue weighted by Gasteiger charge is 2.36. The van der Waals surface area contributed by atoms with E-state index < -0.39 is 18.1 Å². The molecule has 1 aliphatic carbocycles. The Bertz CT molecular complexity index is 1390. The molecule has 3 atom stereocenters. The van der Waals surface area contributed by atoms with Crippen LogP contribution in [0.2, 0.25) is 0 Å². The third-order valence-electron chi connectivity index (χ3n) is 9.71. The van der Waals surface area contributed by atoms with Crippen LogP contribution in [0.4, 0.5) is 0 Å². The zero-order chi connectivity index (χ0) is 31.2. The lowest BCUT2D eigenvalue weighted by Gasteiger charge is -2.31. The van der Waals surface area contributed by atoms with Gasteiger partial charge in [-0.25, -0.2) is 0 Å². The molecule has 4 aliphatic rings. The van der Waals surface area contributed by atoms with Gasteiger partial charge in [-0.15, -0.1) is 0 Å². The normalized spacial score (nSPS) is 24.9. The Kier molecular flexibility index (Phi) is 10.1. The number of hydrogen-bond donors (Lipinski definition) is 2. The third kappa shape index (κ3) is 8.51. The van der Waals surface area contributed by atoms with Crippen LogP contribution in [0.15, 0.2) is 48.5 Å². The molecule has 3 amide bonds. The smallest absolute Gasteiger partial charge is 0.243 e. The monoisotopic (exact) mass is 614 g/mol. The first-order valence-corrected chi connectivity index (χ1v) is 16.9. The van der Waals surface area contributed by atoms with Gasteiger partial charge in [-0.3, -0.25) is 19.2 Å². The number of amides is 3. The quantitative estimate of drug-likeness (QED) is 0.462. The topological polar surface area (TPSA) is 108 Å². The summed E-state index contributed by atoms with van der Waals surface area (Å²) >= 11 is 0. The zero-order valence-corrected chi connectivity index (χ0v) is 26.2. The average molecular weight is 615 g/mol. The fourth-order valence-electron chi connectivity index (χ4n) is 6.89. The van der Waals surface area contributed by atoms with Crippen LogP contribution in [0.5, 0.6) is 11.5 Å². The maximum atomic E-state index is 14.1. The third-order valence-corrected chi connectivity index (χ3v) is 9.71. The minimum Gasteiger partial charge on any atom is -0.457 e. The molecule has 240 valence electrons. The number of fused-ring (bicyclic) bond motifs is 4. The second kappa shape index (κ2) is 14.6. The number of benzene rings is 2. The van der Waals surface area contributed by atoms with Gasteiger partial charge in [0.15, 0.2) is 5.78 Å². The van der Waals surface area contributed by atoms with E-state index in [1.807, 2.05) is 48.5 Å². The molecular weight excluding hydrogens is 568 g/mol. The molecule has 3 heterocycles. The summed E-state index contributed by atoms with van der Waals surface area (Å²) in [6, 6.07) is 13.0. The standard InChI is InChI=1S/C36H46N4O5/c41-33(15-14-25-12-13-25)31-23-26-7-4-9-28(21-26)45-29-10-5-8-27(22-29)24-32(40-19-6-11-34(40)42)36(44)37-30(35(43)38-31)16-20-39-17-2-1-3-18-39/h4-5,7-10,21-22,25,30-32H,1-3,6,11-20,23-24H2,(H,37,44)(H,38,43)/t30-,31-,32-/m0/s1. The van der Waals surface area contributed by atoms with Gasteiger partial charge in [0.1, 0.15) is 23.6 Å². The SMILES string of the molecule is O=C(CCC1CC1)[C@@H]1Cc2cccc(c2)Oc2cccc(c2)C[C@H](N2CCCC2=O)C(=O)N[C@@H](CCN2CCCCC2)C(=O)N1. The summed E-state index contributed by atoms with van der Waals surface area (Å²) in [4.78, 5) is 58.6. The van der Waals surface area contributed by atoms with Gasteiger partial charge in [0.2, 0.25) is 17.7 Å². The molecule has 0 radical (unpaired) electrons. The van der Waals surface area contributed by atoms with Crippen LogP contribution in [-0.4, -0.2) is 77.6 Å². The van der Waals surface area contributed by atoms with E-state index >= 15 is 0 Å². The van der Waals surface area contributed by atoms with Gasteiger partial charge in [0, 0.05) is 32.4 Å². The minimum atomic E-state index is -0.827. The van der Waals surface area contributed by atoms with Crippen molar-refractivity contribution >= 4 is 23.5 Å². The van der Waals surface area contributed by atoms with Gasteiger partial charge in [-0.05, 0) is 92.9 Å². The number of nitrogens with zero attached hydrogens (tertiary/aromatic N) is 2. The highest BCUT2D eigenvalue weighted by atomic mass is 16.5. The van der Waals surface area contributed by atoms with Crippen LogP contribution in [-0.2, 0) is 32.0 Å². The van der Waals surface area contributed by atoms with Crippen molar-refractivity contribution in [2.75, 3.05) is 26.2 Å². The number of piperidine rings is 1. The second-order valence-corrected chi connectivity index (χ2v) is 13.3. The first-order chi connectivity index (χ1) is 21.9. The van der Waals surface area contributed by atoms with Gasteiger partial charge in [0.25, 0.3) is 0 Å². The first kappa shape index (κ1) is 31.3. The lowest BCUT2D eigenvalue weighted by Crippen LogP contribution is -2.57. The van der Waals surface area contributed by atoms with Crippen molar-refractivity contribution in [2.24, 2.45) is 5.92 Å². The number of rotatable bonds is 8. The number of ether oxygens (including phenoxy) is 1. The lowest BCUT2D eigenvalue weighted by atomic mass is 9.97. The minimum absolute atomic E-state index is 0.0111. The molecule has 9 nitrogen and oxygen atoms in total. The average Bonchev–Trinajstić information content (AvgIpc) is 3.78. The van der Waals surface area contributed by atoms with Crippen molar-refractivity contribution in [3.8, 4) is 11.5 Å². The molecule has 6 rings (SSSR count). The molecule has 2 N–H and O–H groups in total. The molecule has 9 heteroatoms. The Labute approximate surface area is 266 Å². The molecule has 4 bridgehead atoms. The summed E-state index contributed by atoms with van der Waals surface area (Å²) in [6.45, 7) is 3.13. The van der Waals surface area contributed by atoms with Crippen molar-refractivity contribution in [2.45, 2.75) is 95.2 Å². The van der Waals surface area contributed by atoms with Crippen LogP contribution in [0.25, 0.3) is 0 Å². The molecule has 2 saturated heterocycles. The van der Waals surface area contributed by atoms with E-state index in [9.17, 15) is 19.2 Å². The van der Waals surface area contributed by atoms with Crippen LogP contribution >= 0.6 is 0 Å². The zero-order valence-electron chi connectivity index (χ0n) is 26.2. The van der Waals surface area contributed by atoms with Gasteiger partial charge < -0.3 is 25.2 Å². The van der Waals surface area contributed by atoms with E-state index in [4.69, 9.17) is 4.74 Å². The summed E-state index contributed by atoms with van der Waals surface area (Å²) < 4.78 is 6.22. The molecule has 3 aliphatic heterocycles. The van der Waals surface area contributed by atoms with Crippen molar-refractivity contribution in [1.82, 2.24) is 20.4 Å². The van der Waals surface area contributed by atoms with Crippen LogP contribution in [0.1, 0.15) is 75.3 Å². The molecule has 0 unspecified atom stereocenters. The molecule has 45 heavy (non-hydrogen) atoms. The van der Waals surface area contributed by atoms with E-state index in [0.29, 0.717) is 69.0 Å². The number of hydrogen-bond acceptors (Lipinski definition) is 6. The molecule has 1 saturated carbocycles. The lowest BCUT2D eigenvalue weighted by molar-refractivity contribution is -0.139. The molecule has 2 aromatic rings. The van der Waals surface area contributed by atoms with E-state index in [1.54, 1.807) is 4.90 Å². The predicted octanol–water partition coefficient (Wildman–Crippen LogP) is 4.17. The number of ketones is 1. The molecular formula is C36H46N4O5. The van der Waals surface area contributed by atoms with E-state index in [2.05, 4.69) is 15.5 Å². The molecule has 0 aromatic heterocycles. The number of carbonyl (C=O) groups excluding carboxylic acids is 4. The first-order valence-electron chi connectivity index (χ1n) is 16.9. The summed E-state index contributed by atoms with van der Waals surface area (Å²) in [7, 11) is 0. The maximum Gasteiger partial charge on any atom is 0.243 e. The largest absolute Gasteiger partial charge is 0.457 e. The second-order valence-electron chi connectivity index (χ2n) is 13.3. The van der Waals surface area contributed by atoms with E-state index in [0.717, 1.165) is 56.3 Å². The Balaban J connectivity index is 1.32. The van der Waals surface area contributed by atoms with Crippen LogP contribution in [0.3, 0.4) is 0 Å². The Morgan fingerprint density at radius 1 is 0.800 bits per heavy atom. The van der Waals surface area contributed by atoms with Gasteiger partial charge in [-0.1, -0.05) is 43.5 Å². The number of Topliss-reactive ketones (excluding diaryl/α,β-unsaturated/α-hetero) is 1. The van der Waals surface area contributed by atoms with Gasteiger partial charge in [0.05, 0.1) is 6.04 Å². The molecule has 0 spiro atoms.